The molecule has 3 heteroatoms. The van der Waals surface area contributed by atoms with Crippen molar-refractivity contribution in [2.75, 3.05) is 13.1 Å². The highest BCUT2D eigenvalue weighted by atomic mass is 16.3. The van der Waals surface area contributed by atoms with Crippen molar-refractivity contribution in [1.82, 2.24) is 4.90 Å². The van der Waals surface area contributed by atoms with E-state index in [1.165, 1.54) is 12.8 Å². The molecule has 1 fully saturated rings. The second-order valence-electron chi connectivity index (χ2n) is 6.66. The van der Waals surface area contributed by atoms with Crippen LogP contribution in [0, 0.1) is 0 Å². The van der Waals surface area contributed by atoms with Crippen molar-refractivity contribution in [3.8, 4) is 11.1 Å². The Morgan fingerprint density at radius 1 is 0.792 bits per heavy atom. The molecule has 2 N–H and O–H groups in total. The zero-order valence-electron chi connectivity index (χ0n) is 14.1. The molecule has 1 aliphatic heterocycles. The van der Waals surface area contributed by atoms with Crippen molar-refractivity contribution in [3.05, 3.63) is 60.2 Å². The summed E-state index contributed by atoms with van der Waals surface area (Å²) in [4.78, 5) is 2.03. The highest BCUT2D eigenvalue weighted by Crippen LogP contribution is 2.25. The number of aliphatic hydroxyl groups is 2. The van der Waals surface area contributed by atoms with Crippen molar-refractivity contribution >= 4 is 0 Å². The molecule has 0 spiro atoms. The summed E-state index contributed by atoms with van der Waals surface area (Å²) in [7, 11) is 0. The van der Waals surface area contributed by atoms with E-state index in [-0.39, 0.29) is 0 Å². The van der Waals surface area contributed by atoms with Crippen LogP contribution < -0.4 is 0 Å². The van der Waals surface area contributed by atoms with E-state index in [4.69, 9.17) is 0 Å². The molecule has 1 saturated heterocycles. The molecule has 0 radical (unpaired) electrons. The molecule has 1 heterocycles. The maximum absolute atomic E-state index is 10.6. The van der Waals surface area contributed by atoms with Crippen LogP contribution in [0.15, 0.2) is 54.6 Å². The van der Waals surface area contributed by atoms with Gasteiger partial charge < -0.3 is 10.2 Å². The number of aliphatic hydroxyl groups excluding tert-OH is 2. The van der Waals surface area contributed by atoms with Gasteiger partial charge in [0.25, 0.3) is 0 Å². The second-order valence-corrected chi connectivity index (χ2v) is 6.66. The number of rotatable bonds is 5. The Morgan fingerprint density at radius 2 is 1.42 bits per heavy atom. The van der Waals surface area contributed by atoms with Gasteiger partial charge >= 0.3 is 0 Å². The summed E-state index contributed by atoms with van der Waals surface area (Å²) < 4.78 is 0. The molecule has 0 amide bonds. The third-order valence-corrected chi connectivity index (χ3v) is 4.89. The maximum atomic E-state index is 10.6. The average molecular weight is 325 g/mol. The van der Waals surface area contributed by atoms with E-state index in [9.17, 15) is 10.2 Å². The minimum atomic E-state index is -0.785. The molecule has 0 aliphatic carbocycles. The lowest BCUT2D eigenvalue weighted by Crippen LogP contribution is -2.45. The zero-order chi connectivity index (χ0) is 16.8. The van der Waals surface area contributed by atoms with Gasteiger partial charge in [-0.25, -0.2) is 0 Å². The first-order valence-electron chi connectivity index (χ1n) is 8.99. The Kier molecular flexibility index (Phi) is 6.02. The highest BCUT2D eigenvalue weighted by Gasteiger charge is 2.25. The predicted octanol–water partition coefficient (Wildman–Crippen LogP) is 3.45. The van der Waals surface area contributed by atoms with Crippen LogP contribution in [0.2, 0.25) is 0 Å². The van der Waals surface area contributed by atoms with Crippen LogP contribution in [0.25, 0.3) is 11.1 Å². The standard InChI is InChI=1S/C21H27NO2/c23-20(21(24)22-14-8-1-2-9-15-22)16-18-12-6-7-13-19(18)17-10-4-3-5-11-17/h3-7,10-13,20-21,23-24H,1-2,8-9,14-16H2. The van der Waals surface area contributed by atoms with Crippen LogP contribution in [0.1, 0.15) is 31.2 Å². The SMILES string of the molecule is OC(Cc1ccccc1-c1ccccc1)C(O)N1CCCCCC1. The first kappa shape index (κ1) is 17.2. The Labute approximate surface area is 144 Å². The van der Waals surface area contributed by atoms with E-state index in [2.05, 4.69) is 18.2 Å². The Balaban J connectivity index is 1.73. The van der Waals surface area contributed by atoms with Gasteiger partial charge in [0.15, 0.2) is 0 Å². The van der Waals surface area contributed by atoms with Crippen molar-refractivity contribution in [3.63, 3.8) is 0 Å². The van der Waals surface area contributed by atoms with Crippen LogP contribution >= 0.6 is 0 Å². The number of likely N-dealkylation sites (tertiary alicyclic amines) is 1. The number of hydrogen-bond acceptors (Lipinski definition) is 3. The Morgan fingerprint density at radius 3 is 2.12 bits per heavy atom. The van der Waals surface area contributed by atoms with Crippen LogP contribution in [-0.2, 0) is 6.42 Å². The van der Waals surface area contributed by atoms with Gasteiger partial charge in [-0.1, -0.05) is 67.4 Å². The van der Waals surface area contributed by atoms with E-state index in [0.29, 0.717) is 6.42 Å². The molecule has 2 aromatic carbocycles. The van der Waals surface area contributed by atoms with Gasteiger partial charge in [-0.2, -0.15) is 0 Å². The maximum Gasteiger partial charge on any atom is 0.133 e. The summed E-state index contributed by atoms with van der Waals surface area (Å²) in [5.74, 6) is 0. The molecule has 2 unspecified atom stereocenters. The average Bonchev–Trinajstić information content (AvgIpc) is 2.91. The molecule has 2 aromatic rings. The molecule has 3 nitrogen and oxygen atoms in total. The van der Waals surface area contributed by atoms with Gasteiger partial charge in [0.1, 0.15) is 6.23 Å². The minimum absolute atomic E-state index is 0.461. The smallest absolute Gasteiger partial charge is 0.133 e. The van der Waals surface area contributed by atoms with Crippen molar-refractivity contribution in [2.24, 2.45) is 0 Å². The lowest BCUT2D eigenvalue weighted by Gasteiger charge is -2.30. The zero-order valence-corrected chi connectivity index (χ0v) is 14.1. The van der Waals surface area contributed by atoms with E-state index in [0.717, 1.165) is 42.6 Å². The summed E-state index contributed by atoms with van der Waals surface area (Å²) in [6.07, 6.45) is 3.55. The molecule has 0 saturated carbocycles. The highest BCUT2D eigenvalue weighted by molar-refractivity contribution is 5.67. The monoisotopic (exact) mass is 325 g/mol. The largest absolute Gasteiger partial charge is 0.389 e. The summed E-state index contributed by atoms with van der Waals surface area (Å²) in [5, 5.41) is 21.2. The molecule has 1 aliphatic rings. The molecule has 2 atom stereocenters. The van der Waals surface area contributed by atoms with Crippen molar-refractivity contribution in [2.45, 2.75) is 44.4 Å². The second kappa shape index (κ2) is 8.43. The van der Waals surface area contributed by atoms with Crippen LogP contribution in [-0.4, -0.2) is 40.5 Å². The summed E-state index contributed by atoms with van der Waals surface area (Å²) >= 11 is 0. The molecule has 0 bridgehead atoms. The van der Waals surface area contributed by atoms with Crippen molar-refractivity contribution in [1.29, 1.82) is 0 Å². The van der Waals surface area contributed by atoms with Crippen molar-refractivity contribution < 1.29 is 10.2 Å². The van der Waals surface area contributed by atoms with E-state index < -0.39 is 12.3 Å². The number of nitrogens with zero attached hydrogens (tertiary/aromatic N) is 1. The normalized spacial score (nSPS) is 18.8. The van der Waals surface area contributed by atoms with E-state index >= 15 is 0 Å². The molecular weight excluding hydrogens is 298 g/mol. The summed E-state index contributed by atoms with van der Waals surface area (Å²) in [6.45, 7) is 1.75. The lowest BCUT2D eigenvalue weighted by molar-refractivity contribution is -0.0811. The third kappa shape index (κ3) is 4.23. The molecule has 0 aromatic heterocycles. The van der Waals surface area contributed by atoms with E-state index in [1.54, 1.807) is 0 Å². The minimum Gasteiger partial charge on any atom is -0.389 e. The molecule has 3 rings (SSSR count). The van der Waals surface area contributed by atoms with E-state index in [1.807, 2.05) is 41.3 Å². The summed E-state index contributed by atoms with van der Waals surface area (Å²) in [5.41, 5.74) is 3.34. The van der Waals surface area contributed by atoms with Gasteiger partial charge in [-0.3, -0.25) is 4.90 Å². The fraction of sp³-hybridized carbons (Fsp3) is 0.429. The Hall–Kier alpha value is -1.68. The first-order valence-corrected chi connectivity index (χ1v) is 8.99. The topological polar surface area (TPSA) is 43.7 Å². The van der Waals surface area contributed by atoms with Crippen LogP contribution in [0.4, 0.5) is 0 Å². The van der Waals surface area contributed by atoms with Gasteiger partial charge in [-0.15, -0.1) is 0 Å². The quantitative estimate of drug-likeness (QED) is 0.885. The van der Waals surface area contributed by atoms with Gasteiger partial charge in [0.2, 0.25) is 0 Å². The molecule has 24 heavy (non-hydrogen) atoms. The van der Waals surface area contributed by atoms with Gasteiger partial charge in [0, 0.05) is 19.5 Å². The fourth-order valence-corrected chi connectivity index (χ4v) is 3.53. The lowest BCUT2D eigenvalue weighted by atomic mass is 9.95. The number of hydrogen-bond donors (Lipinski definition) is 2. The number of benzene rings is 2. The molecular formula is C21H27NO2. The molecule has 128 valence electrons. The van der Waals surface area contributed by atoms with Gasteiger partial charge in [0.05, 0.1) is 6.10 Å². The van der Waals surface area contributed by atoms with Crippen LogP contribution in [0.5, 0.6) is 0 Å². The summed E-state index contributed by atoms with van der Waals surface area (Å²) in [6, 6.07) is 18.3. The van der Waals surface area contributed by atoms with Gasteiger partial charge in [-0.05, 0) is 29.5 Å². The third-order valence-electron chi connectivity index (χ3n) is 4.89. The first-order chi connectivity index (χ1) is 11.8. The van der Waals surface area contributed by atoms with Crippen LogP contribution in [0.3, 0.4) is 0 Å². The Bertz CT molecular complexity index is 621. The predicted molar refractivity (Wildman–Crippen MR) is 97.6 cm³/mol. The fourth-order valence-electron chi connectivity index (χ4n) is 3.53.